The summed E-state index contributed by atoms with van der Waals surface area (Å²) in [5.41, 5.74) is 3.24. The lowest BCUT2D eigenvalue weighted by Gasteiger charge is -2.30. The van der Waals surface area contributed by atoms with Gasteiger partial charge < -0.3 is 4.42 Å². The molecule has 0 radical (unpaired) electrons. The molecule has 124 valence electrons. The van der Waals surface area contributed by atoms with Crippen LogP contribution >= 0.6 is 11.6 Å². The predicted octanol–water partition coefficient (Wildman–Crippen LogP) is 4.10. The van der Waals surface area contributed by atoms with Gasteiger partial charge in [0.25, 0.3) is 0 Å². The molecule has 1 aliphatic rings. The maximum absolute atomic E-state index is 5.92. The molecule has 0 bridgehead atoms. The van der Waals surface area contributed by atoms with Crippen LogP contribution < -0.4 is 0 Å². The van der Waals surface area contributed by atoms with Gasteiger partial charge in [-0.05, 0) is 61.7 Å². The van der Waals surface area contributed by atoms with Crippen molar-refractivity contribution in [2.45, 2.75) is 25.3 Å². The number of nitrogens with one attached hydrogen (secondary N) is 1. The van der Waals surface area contributed by atoms with Crippen molar-refractivity contribution in [1.82, 2.24) is 20.1 Å². The van der Waals surface area contributed by atoms with Crippen LogP contribution in [-0.4, -0.2) is 33.2 Å². The lowest BCUT2D eigenvalue weighted by Crippen LogP contribution is -2.32. The monoisotopic (exact) mass is 342 g/mol. The molecule has 24 heavy (non-hydrogen) atoms. The van der Waals surface area contributed by atoms with E-state index in [-0.39, 0.29) is 0 Å². The summed E-state index contributed by atoms with van der Waals surface area (Å²) in [6.07, 6.45) is 8.02. The summed E-state index contributed by atoms with van der Waals surface area (Å²) in [5.74, 6) is 1.26. The predicted molar refractivity (Wildman–Crippen MR) is 92.8 cm³/mol. The van der Waals surface area contributed by atoms with E-state index in [9.17, 15) is 0 Å². The van der Waals surface area contributed by atoms with Crippen LogP contribution in [0, 0.1) is 0 Å². The number of hydrogen-bond donors (Lipinski definition) is 1. The van der Waals surface area contributed by atoms with Gasteiger partial charge in [0, 0.05) is 23.3 Å². The summed E-state index contributed by atoms with van der Waals surface area (Å²) in [5, 5.41) is 7.67. The first-order valence-corrected chi connectivity index (χ1v) is 8.57. The number of rotatable bonds is 4. The minimum Gasteiger partial charge on any atom is -0.444 e. The second kappa shape index (κ2) is 6.79. The second-order valence-electron chi connectivity index (χ2n) is 6.23. The molecule has 1 aromatic carbocycles. The van der Waals surface area contributed by atoms with Crippen LogP contribution in [-0.2, 0) is 6.54 Å². The molecule has 0 atom stereocenters. The second-order valence-corrected chi connectivity index (χ2v) is 6.67. The van der Waals surface area contributed by atoms with Gasteiger partial charge in [-0.15, -0.1) is 0 Å². The van der Waals surface area contributed by atoms with Gasteiger partial charge in [0.05, 0.1) is 11.9 Å². The van der Waals surface area contributed by atoms with Crippen molar-refractivity contribution in [2.24, 2.45) is 0 Å². The van der Waals surface area contributed by atoms with E-state index in [0.717, 1.165) is 43.7 Å². The number of aromatic nitrogens is 3. The Hall–Kier alpha value is -2.11. The molecule has 0 aliphatic carbocycles. The Morgan fingerprint density at radius 2 is 2.00 bits per heavy atom. The smallest absolute Gasteiger partial charge is 0.226 e. The number of H-pyrrole nitrogens is 1. The summed E-state index contributed by atoms with van der Waals surface area (Å²) in [4.78, 5) is 7.04. The maximum atomic E-state index is 5.92. The molecule has 0 saturated carbocycles. The number of aromatic amines is 1. The third-order valence-electron chi connectivity index (χ3n) is 4.61. The van der Waals surface area contributed by atoms with Gasteiger partial charge in [-0.2, -0.15) is 5.10 Å². The molecule has 0 spiro atoms. The fraction of sp³-hybridized carbons (Fsp3) is 0.333. The van der Waals surface area contributed by atoms with Crippen molar-refractivity contribution in [3.8, 4) is 11.5 Å². The molecule has 0 unspecified atom stereocenters. The first kappa shape index (κ1) is 15.4. The minimum atomic E-state index is 0.613. The number of nitrogens with zero attached hydrogens (tertiary/aromatic N) is 3. The van der Waals surface area contributed by atoms with Gasteiger partial charge in [-0.3, -0.25) is 10.00 Å². The van der Waals surface area contributed by atoms with E-state index in [4.69, 9.17) is 16.0 Å². The van der Waals surface area contributed by atoms with E-state index in [2.05, 4.69) is 20.1 Å². The summed E-state index contributed by atoms with van der Waals surface area (Å²) < 4.78 is 5.62. The molecule has 2 aromatic heterocycles. The van der Waals surface area contributed by atoms with Crippen molar-refractivity contribution in [2.75, 3.05) is 13.1 Å². The highest BCUT2D eigenvalue weighted by molar-refractivity contribution is 6.30. The van der Waals surface area contributed by atoms with E-state index in [1.165, 1.54) is 5.56 Å². The molecule has 1 fully saturated rings. The summed E-state index contributed by atoms with van der Waals surface area (Å²) in [6, 6.07) is 7.55. The van der Waals surface area contributed by atoms with Gasteiger partial charge in [0.2, 0.25) is 5.89 Å². The number of likely N-dealkylation sites (tertiary alicyclic amines) is 1. The van der Waals surface area contributed by atoms with Gasteiger partial charge in [0.15, 0.2) is 0 Å². The zero-order valence-corrected chi connectivity index (χ0v) is 14.0. The van der Waals surface area contributed by atoms with E-state index < -0.39 is 0 Å². The fourth-order valence-corrected chi connectivity index (χ4v) is 3.37. The highest BCUT2D eigenvalue weighted by Gasteiger charge is 2.22. The van der Waals surface area contributed by atoms with Crippen LogP contribution in [0.4, 0.5) is 0 Å². The summed E-state index contributed by atoms with van der Waals surface area (Å²) in [6.45, 7) is 2.97. The van der Waals surface area contributed by atoms with Crippen LogP contribution in [0.5, 0.6) is 0 Å². The van der Waals surface area contributed by atoms with Gasteiger partial charge in [-0.25, -0.2) is 4.98 Å². The molecule has 6 heteroatoms. The zero-order chi connectivity index (χ0) is 16.4. The number of piperidine rings is 1. The van der Waals surface area contributed by atoms with Crippen LogP contribution in [0.1, 0.15) is 30.0 Å². The Balaban J connectivity index is 1.36. The standard InChI is InChI=1S/C18H19ClN4O/c19-16-3-1-14(2-4-16)18-22-17(12-24-18)11-23-7-5-13(6-8-23)15-9-20-21-10-15/h1-4,9-10,12-13H,5-8,11H2,(H,20,21). The molecule has 1 N–H and O–H groups in total. The fourth-order valence-electron chi connectivity index (χ4n) is 3.24. The summed E-state index contributed by atoms with van der Waals surface area (Å²) >= 11 is 5.92. The highest BCUT2D eigenvalue weighted by atomic mass is 35.5. The molecule has 3 aromatic rings. The maximum Gasteiger partial charge on any atom is 0.226 e. The van der Waals surface area contributed by atoms with E-state index in [1.54, 1.807) is 6.26 Å². The van der Waals surface area contributed by atoms with Crippen molar-refractivity contribution in [3.63, 3.8) is 0 Å². The first-order chi connectivity index (χ1) is 11.8. The zero-order valence-electron chi connectivity index (χ0n) is 13.3. The van der Waals surface area contributed by atoms with E-state index in [0.29, 0.717) is 16.8 Å². The Labute approximate surface area is 145 Å². The van der Waals surface area contributed by atoms with Gasteiger partial charge in [-0.1, -0.05) is 11.6 Å². The van der Waals surface area contributed by atoms with E-state index >= 15 is 0 Å². The quantitative estimate of drug-likeness (QED) is 0.775. The molecule has 1 saturated heterocycles. The Bertz CT molecular complexity index is 774. The SMILES string of the molecule is Clc1ccc(-c2nc(CN3CCC(c4cn[nH]c4)CC3)co2)cc1. The Morgan fingerprint density at radius 1 is 1.21 bits per heavy atom. The molecule has 3 heterocycles. The van der Waals surface area contributed by atoms with Crippen LogP contribution in [0.2, 0.25) is 5.02 Å². The third-order valence-corrected chi connectivity index (χ3v) is 4.86. The van der Waals surface area contributed by atoms with Crippen LogP contribution in [0.15, 0.2) is 47.3 Å². The average molecular weight is 343 g/mol. The minimum absolute atomic E-state index is 0.613. The topological polar surface area (TPSA) is 58.0 Å². The van der Waals surface area contributed by atoms with Crippen LogP contribution in [0.25, 0.3) is 11.5 Å². The lowest BCUT2D eigenvalue weighted by atomic mass is 9.91. The number of benzene rings is 1. The van der Waals surface area contributed by atoms with Crippen molar-refractivity contribution in [1.29, 1.82) is 0 Å². The van der Waals surface area contributed by atoms with Crippen molar-refractivity contribution >= 4 is 11.6 Å². The van der Waals surface area contributed by atoms with Crippen LogP contribution in [0.3, 0.4) is 0 Å². The molecule has 5 nitrogen and oxygen atoms in total. The van der Waals surface area contributed by atoms with E-state index in [1.807, 2.05) is 36.7 Å². The third kappa shape index (κ3) is 3.37. The average Bonchev–Trinajstić information content (AvgIpc) is 3.28. The molecule has 0 amide bonds. The van der Waals surface area contributed by atoms with Crippen molar-refractivity contribution in [3.05, 3.63) is 59.2 Å². The first-order valence-electron chi connectivity index (χ1n) is 8.19. The van der Waals surface area contributed by atoms with Gasteiger partial charge >= 0.3 is 0 Å². The molecular weight excluding hydrogens is 324 g/mol. The number of halogens is 1. The number of hydrogen-bond acceptors (Lipinski definition) is 4. The Kier molecular flexibility index (Phi) is 4.36. The van der Waals surface area contributed by atoms with Gasteiger partial charge in [0.1, 0.15) is 6.26 Å². The lowest BCUT2D eigenvalue weighted by molar-refractivity contribution is 0.202. The van der Waals surface area contributed by atoms with Crippen molar-refractivity contribution < 1.29 is 4.42 Å². The highest BCUT2D eigenvalue weighted by Crippen LogP contribution is 2.28. The largest absolute Gasteiger partial charge is 0.444 e. The molecule has 1 aliphatic heterocycles. The summed E-state index contributed by atoms with van der Waals surface area (Å²) in [7, 11) is 0. The number of oxazole rings is 1. The molecule has 4 rings (SSSR count). The normalized spacial score (nSPS) is 16.5. The Morgan fingerprint density at radius 3 is 2.71 bits per heavy atom. The molecular formula is C18H19ClN4O.